The number of rotatable bonds is 21. The Labute approximate surface area is 396 Å². The third-order valence-corrected chi connectivity index (χ3v) is 17.5. The summed E-state index contributed by atoms with van der Waals surface area (Å²) >= 11 is 0. The number of para-hydroxylation sites is 1. The second kappa shape index (κ2) is 23.8. The van der Waals surface area contributed by atoms with Gasteiger partial charge in [-0.2, -0.15) is 0 Å². The molecule has 14 heteroatoms. The van der Waals surface area contributed by atoms with Crippen LogP contribution in [0, 0.1) is 0 Å². The van der Waals surface area contributed by atoms with Crippen molar-refractivity contribution in [3.05, 3.63) is 130 Å². The number of pyridine rings is 1. The highest BCUT2D eigenvalue weighted by atomic mass is 28.4. The molecule has 3 amide bonds. The first-order valence-electron chi connectivity index (χ1n) is 23.8. The van der Waals surface area contributed by atoms with Crippen molar-refractivity contribution >= 4 is 42.8 Å². The zero-order chi connectivity index (χ0) is 48.0. The Balaban J connectivity index is 0.851. The third kappa shape index (κ3) is 15.1. The lowest BCUT2D eigenvalue weighted by Crippen LogP contribution is -2.44. The van der Waals surface area contributed by atoms with Gasteiger partial charge in [0.05, 0.1) is 23.7 Å². The van der Waals surface area contributed by atoms with Gasteiger partial charge in [-0.25, -0.2) is 4.79 Å². The van der Waals surface area contributed by atoms with Crippen LogP contribution in [0.1, 0.15) is 82.6 Å². The van der Waals surface area contributed by atoms with E-state index in [0.29, 0.717) is 56.6 Å². The van der Waals surface area contributed by atoms with E-state index in [1.807, 2.05) is 72.8 Å². The molecular weight excluding hydrogens is 861 g/mol. The molecule has 6 N–H and O–H groups in total. The zero-order valence-electron chi connectivity index (χ0n) is 40.1. The Kier molecular flexibility index (Phi) is 18.0. The topological polar surface area (TPSA) is 174 Å². The van der Waals surface area contributed by atoms with Gasteiger partial charge in [-0.3, -0.25) is 19.7 Å². The molecule has 0 radical (unpaired) electrons. The van der Waals surface area contributed by atoms with E-state index in [1.165, 1.54) is 6.07 Å². The van der Waals surface area contributed by atoms with Crippen LogP contribution in [0.4, 0.5) is 10.5 Å². The zero-order valence-corrected chi connectivity index (χ0v) is 41.1. The SMILES string of the molecule is CC(Cc1cccc(CC(=O)NCCCCNC(=O)CCN2CCC(OC(=O)Nc3ccccc3-c3ccccc3)CC2)c1)NCC(O[Si](C)(C)C(C)(C)C)c1ccc(O)c2[nH]c(=O)ccc12. The molecule has 358 valence electrons. The number of carbonyl (C=O) groups excluding carboxylic acids is 3. The summed E-state index contributed by atoms with van der Waals surface area (Å²) in [5, 5.41) is 23.9. The summed E-state index contributed by atoms with van der Waals surface area (Å²) in [5.74, 6) is -0.00938. The number of hydrogen-bond acceptors (Lipinski definition) is 9. The Bertz CT molecular complexity index is 2480. The second-order valence-electron chi connectivity index (χ2n) is 19.3. The van der Waals surface area contributed by atoms with E-state index in [1.54, 1.807) is 12.1 Å². The predicted octanol–water partition coefficient (Wildman–Crippen LogP) is 8.84. The molecule has 1 fully saturated rings. The molecule has 0 spiro atoms. The van der Waals surface area contributed by atoms with E-state index in [0.717, 1.165) is 65.6 Å². The predicted molar refractivity (Wildman–Crippen MR) is 270 cm³/mol. The number of nitrogens with zero attached hydrogens (tertiary/aromatic N) is 1. The number of aromatic amines is 1. The van der Waals surface area contributed by atoms with Crippen molar-refractivity contribution in [3.8, 4) is 16.9 Å². The molecule has 2 unspecified atom stereocenters. The van der Waals surface area contributed by atoms with Crippen LogP contribution in [0.3, 0.4) is 0 Å². The van der Waals surface area contributed by atoms with Crippen LogP contribution in [0.15, 0.2) is 108 Å². The van der Waals surface area contributed by atoms with E-state index in [-0.39, 0.29) is 52.8 Å². The lowest BCUT2D eigenvalue weighted by atomic mass is 10.0. The van der Waals surface area contributed by atoms with Crippen molar-refractivity contribution < 1.29 is 28.7 Å². The van der Waals surface area contributed by atoms with Gasteiger partial charge in [0.25, 0.3) is 0 Å². The van der Waals surface area contributed by atoms with Crippen molar-refractivity contribution in [2.45, 2.75) is 109 Å². The molecule has 1 saturated heterocycles. The number of unbranched alkanes of at least 4 members (excludes halogenated alkanes) is 1. The number of likely N-dealkylation sites (tertiary alicyclic amines) is 1. The Morgan fingerprint density at radius 2 is 1.54 bits per heavy atom. The van der Waals surface area contributed by atoms with Crippen LogP contribution in [-0.4, -0.2) is 92.6 Å². The number of aromatic nitrogens is 1. The highest BCUT2D eigenvalue weighted by Crippen LogP contribution is 2.41. The Hall–Kier alpha value is -5.80. The van der Waals surface area contributed by atoms with Gasteiger partial charge in [-0.05, 0) is 97.6 Å². The van der Waals surface area contributed by atoms with Crippen molar-refractivity contribution in [3.63, 3.8) is 0 Å². The smallest absolute Gasteiger partial charge is 0.411 e. The molecule has 67 heavy (non-hydrogen) atoms. The maximum Gasteiger partial charge on any atom is 0.411 e. The molecular formula is C53H70N6O7Si. The average Bonchev–Trinajstić information content (AvgIpc) is 3.29. The highest BCUT2D eigenvalue weighted by Gasteiger charge is 2.40. The van der Waals surface area contributed by atoms with Crippen LogP contribution in [0.2, 0.25) is 18.1 Å². The number of H-pyrrole nitrogens is 1. The van der Waals surface area contributed by atoms with Crippen molar-refractivity contribution in [2.24, 2.45) is 0 Å². The molecule has 6 rings (SSSR count). The minimum absolute atomic E-state index is 0.00663. The summed E-state index contributed by atoms with van der Waals surface area (Å²) in [6.07, 6.45) is 3.43. The van der Waals surface area contributed by atoms with Crippen molar-refractivity contribution in [2.75, 3.05) is 44.6 Å². The molecule has 1 aliphatic heterocycles. The number of phenolic OH excluding ortho intramolecular Hbond substituents is 1. The number of amides is 3. The number of phenols is 1. The average molecular weight is 931 g/mol. The first kappa shape index (κ1) is 50.6. The number of hydrogen-bond donors (Lipinski definition) is 6. The summed E-state index contributed by atoms with van der Waals surface area (Å²) in [4.78, 5) is 55.4. The van der Waals surface area contributed by atoms with E-state index in [2.05, 4.69) is 84.1 Å². The van der Waals surface area contributed by atoms with Crippen LogP contribution in [0.25, 0.3) is 22.0 Å². The van der Waals surface area contributed by atoms with E-state index in [9.17, 15) is 24.3 Å². The second-order valence-corrected chi connectivity index (χ2v) is 24.1. The van der Waals surface area contributed by atoms with Gasteiger partial charge in [-0.1, -0.05) is 99.6 Å². The molecule has 1 aromatic heterocycles. The molecule has 5 aromatic rings. The summed E-state index contributed by atoms with van der Waals surface area (Å²) in [6.45, 7) is 17.0. The standard InChI is InChI=1S/C53H70N6O7Si/c1-37(56-36-47(66-67(5,6)53(2,3)4)43-21-23-46(60)51-44(43)22-24-49(62)58-51)33-38-15-14-16-39(34-38)35-50(63)55-29-13-12-28-54-48(61)27-32-59-30-25-41(26-31-59)65-52(64)57-45-20-11-10-19-42(45)40-17-8-7-9-18-40/h7-11,14-24,34,37,41,47,56,60H,12-13,25-33,35-36H2,1-6H3,(H,54,61)(H,55,63)(H,57,64)(H,58,62). The molecule has 1 aliphatic rings. The number of fused-ring (bicyclic) bond motifs is 1. The number of benzene rings is 4. The number of anilines is 1. The molecule has 2 atom stereocenters. The summed E-state index contributed by atoms with van der Waals surface area (Å²) in [5.41, 5.74) is 5.76. The summed E-state index contributed by atoms with van der Waals surface area (Å²) in [6, 6.07) is 32.6. The van der Waals surface area contributed by atoms with Crippen LogP contribution in [-0.2, 0) is 31.6 Å². The maximum atomic E-state index is 12.9. The molecule has 4 aromatic carbocycles. The first-order chi connectivity index (χ1) is 32.0. The summed E-state index contributed by atoms with van der Waals surface area (Å²) < 4.78 is 12.7. The molecule has 0 saturated carbocycles. The minimum atomic E-state index is -2.22. The van der Waals surface area contributed by atoms with Gasteiger partial charge < -0.3 is 40.1 Å². The fourth-order valence-corrected chi connectivity index (χ4v) is 9.47. The van der Waals surface area contributed by atoms with Crippen LogP contribution < -0.4 is 26.8 Å². The van der Waals surface area contributed by atoms with Crippen molar-refractivity contribution in [1.29, 1.82) is 0 Å². The highest BCUT2D eigenvalue weighted by molar-refractivity contribution is 6.74. The fourth-order valence-electron chi connectivity index (χ4n) is 8.19. The van der Waals surface area contributed by atoms with Gasteiger partial charge in [0.2, 0.25) is 17.4 Å². The van der Waals surface area contributed by atoms with Gasteiger partial charge >= 0.3 is 6.09 Å². The normalized spacial score (nSPS) is 14.6. The lowest BCUT2D eigenvalue weighted by Gasteiger charge is -2.40. The number of aromatic hydroxyl groups is 1. The van der Waals surface area contributed by atoms with Gasteiger partial charge in [0.1, 0.15) is 11.9 Å². The van der Waals surface area contributed by atoms with Crippen LogP contribution in [0.5, 0.6) is 5.75 Å². The third-order valence-electron chi connectivity index (χ3n) is 13.0. The quantitative estimate of drug-likeness (QED) is 0.0311. The number of ether oxygens (including phenoxy) is 1. The van der Waals surface area contributed by atoms with Gasteiger partial charge in [0, 0.05) is 68.7 Å². The van der Waals surface area contributed by atoms with Crippen molar-refractivity contribution in [1.82, 2.24) is 25.8 Å². The number of nitrogens with one attached hydrogen (secondary N) is 5. The van der Waals surface area contributed by atoms with E-state index < -0.39 is 14.4 Å². The maximum absolute atomic E-state index is 12.9. The monoisotopic (exact) mass is 931 g/mol. The minimum Gasteiger partial charge on any atom is -0.506 e. The molecule has 2 heterocycles. The molecule has 0 aliphatic carbocycles. The lowest BCUT2D eigenvalue weighted by molar-refractivity contribution is -0.122. The number of piperidine rings is 1. The molecule has 13 nitrogen and oxygen atoms in total. The summed E-state index contributed by atoms with van der Waals surface area (Å²) in [7, 11) is -2.22. The fraction of sp³-hybridized carbons (Fsp3) is 0.434. The van der Waals surface area contributed by atoms with Crippen LogP contribution >= 0.6 is 0 Å². The first-order valence-corrected chi connectivity index (χ1v) is 26.7. The Morgan fingerprint density at radius 3 is 2.27 bits per heavy atom. The van der Waals surface area contributed by atoms with E-state index >= 15 is 0 Å². The largest absolute Gasteiger partial charge is 0.506 e. The van der Waals surface area contributed by atoms with Gasteiger partial charge in [0.15, 0.2) is 8.32 Å². The van der Waals surface area contributed by atoms with Gasteiger partial charge in [-0.15, -0.1) is 0 Å². The number of carbonyl (C=O) groups is 3. The van der Waals surface area contributed by atoms with E-state index in [4.69, 9.17) is 9.16 Å². The Morgan fingerprint density at radius 1 is 0.851 bits per heavy atom. The molecule has 0 bridgehead atoms.